The van der Waals surface area contributed by atoms with Crippen molar-refractivity contribution in [1.29, 1.82) is 0 Å². The Morgan fingerprint density at radius 1 is 1.14 bits per heavy atom. The number of hydrogen-bond donors (Lipinski definition) is 2. The second-order valence-electron chi connectivity index (χ2n) is 4.64. The monoisotopic (exact) mass is 279 g/mol. The van der Waals surface area contributed by atoms with Crippen LogP contribution in [0.5, 0.6) is 0 Å². The molecule has 21 heavy (non-hydrogen) atoms. The summed E-state index contributed by atoms with van der Waals surface area (Å²) in [7, 11) is 0. The van der Waals surface area contributed by atoms with E-state index in [9.17, 15) is 9.59 Å². The number of aromatic amines is 1. The zero-order chi connectivity index (χ0) is 14.7. The molecule has 0 aliphatic carbocycles. The predicted molar refractivity (Wildman–Crippen MR) is 80.0 cm³/mol. The molecule has 0 atom stereocenters. The number of pyridine rings is 2. The van der Waals surface area contributed by atoms with Gasteiger partial charge in [-0.25, -0.2) is 0 Å². The number of benzene rings is 1. The lowest BCUT2D eigenvalue weighted by atomic mass is 10.1. The van der Waals surface area contributed by atoms with Gasteiger partial charge in [0, 0.05) is 24.5 Å². The first kappa shape index (κ1) is 13.1. The van der Waals surface area contributed by atoms with Gasteiger partial charge in [-0.2, -0.15) is 0 Å². The predicted octanol–water partition coefficient (Wildman–Crippen LogP) is 1.85. The third-order valence-corrected chi connectivity index (χ3v) is 3.20. The van der Waals surface area contributed by atoms with Crippen LogP contribution in [-0.2, 0) is 6.54 Å². The van der Waals surface area contributed by atoms with Crippen LogP contribution in [0.25, 0.3) is 10.9 Å². The van der Waals surface area contributed by atoms with Crippen LogP contribution in [0, 0.1) is 0 Å². The summed E-state index contributed by atoms with van der Waals surface area (Å²) in [4.78, 5) is 30.7. The maximum Gasteiger partial charge on any atom is 0.261 e. The van der Waals surface area contributed by atoms with Gasteiger partial charge in [0.15, 0.2) is 0 Å². The second kappa shape index (κ2) is 5.58. The number of amides is 1. The minimum atomic E-state index is -0.390. The molecule has 2 heterocycles. The molecule has 104 valence electrons. The van der Waals surface area contributed by atoms with E-state index < -0.39 is 0 Å². The molecule has 3 aromatic rings. The molecular weight excluding hydrogens is 266 g/mol. The standard InChI is InChI=1S/C16H13N3O2/c20-15(18-10-11-5-7-17-8-6-11)13-9-12-3-1-2-4-14(12)19-16(13)21/h1-9H,10H2,(H,18,20)(H,19,21). The van der Waals surface area contributed by atoms with Crippen molar-refractivity contribution in [2.45, 2.75) is 6.54 Å². The van der Waals surface area contributed by atoms with E-state index in [2.05, 4.69) is 15.3 Å². The minimum Gasteiger partial charge on any atom is -0.348 e. The Bertz CT molecular complexity index is 841. The number of aromatic nitrogens is 2. The first-order valence-corrected chi connectivity index (χ1v) is 6.53. The molecule has 0 spiro atoms. The summed E-state index contributed by atoms with van der Waals surface area (Å²) in [5.74, 6) is -0.390. The average molecular weight is 279 g/mol. The van der Waals surface area contributed by atoms with Crippen LogP contribution in [-0.4, -0.2) is 15.9 Å². The smallest absolute Gasteiger partial charge is 0.261 e. The number of rotatable bonds is 3. The van der Waals surface area contributed by atoms with Gasteiger partial charge in [-0.1, -0.05) is 18.2 Å². The third-order valence-electron chi connectivity index (χ3n) is 3.20. The number of nitrogens with one attached hydrogen (secondary N) is 2. The molecule has 2 N–H and O–H groups in total. The Morgan fingerprint density at radius 2 is 1.90 bits per heavy atom. The van der Waals surface area contributed by atoms with Crippen molar-refractivity contribution in [1.82, 2.24) is 15.3 Å². The number of para-hydroxylation sites is 1. The van der Waals surface area contributed by atoms with Crippen molar-refractivity contribution in [3.05, 3.63) is 76.3 Å². The first-order chi connectivity index (χ1) is 10.2. The summed E-state index contributed by atoms with van der Waals surface area (Å²) in [6.07, 6.45) is 3.31. The van der Waals surface area contributed by atoms with Gasteiger partial charge in [0.25, 0.3) is 11.5 Å². The highest BCUT2D eigenvalue weighted by molar-refractivity contribution is 5.97. The summed E-state index contributed by atoms with van der Waals surface area (Å²) in [6.45, 7) is 0.355. The molecule has 3 rings (SSSR count). The van der Waals surface area contributed by atoms with Gasteiger partial charge in [0.2, 0.25) is 0 Å². The van der Waals surface area contributed by atoms with Gasteiger partial charge in [-0.15, -0.1) is 0 Å². The van der Waals surface area contributed by atoms with Gasteiger partial charge in [-0.05, 0) is 35.2 Å². The van der Waals surface area contributed by atoms with E-state index >= 15 is 0 Å². The Morgan fingerprint density at radius 3 is 2.71 bits per heavy atom. The van der Waals surface area contributed by atoms with Crippen LogP contribution in [0.1, 0.15) is 15.9 Å². The maximum atomic E-state index is 12.1. The largest absolute Gasteiger partial charge is 0.348 e. The van der Waals surface area contributed by atoms with Gasteiger partial charge in [0.1, 0.15) is 5.56 Å². The van der Waals surface area contributed by atoms with Crippen molar-refractivity contribution in [2.24, 2.45) is 0 Å². The van der Waals surface area contributed by atoms with Crippen LogP contribution in [0.4, 0.5) is 0 Å². The molecule has 0 bridgehead atoms. The minimum absolute atomic E-state index is 0.114. The molecule has 5 heteroatoms. The fourth-order valence-corrected chi connectivity index (χ4v) is 2.09. The molecule has 0 radical (unpaired) electrons. The Hall–Kier alpha value is -2.95. The average Bonchev–Trinajstić information content (AvgIpc) is 2.53. The van der Waals surface area contributed by atoms with Crippen molar-refractivity contribution in [3.63, 3.8) is 0 Å². The maximum absolute atomic E-state index is 12.1. The highest BCUT2D eigenvalue weighted by atomic mass is 16.2. The number of H-pyrrole nitrogens is 1. The molecular formula is C16H13N3O2. The van der Waals surface area contributed by atoms with Crippen LogP contribution < -0.4 is 10.9 Å². The topological polar surface area (TPSA) is 74.8 Å². The van der Waals surface area contributed by atoms with Crippen LogP contribution in [0.2, 0.25) is 0 Å². The fourth-order valence-electron chi connectivity index (χ4n) is 2.09. The molecule has 1 amide bonds. The summed E-state index contributed by atoms with van der Waals surface area (Å²) >= 11 is 0. The van der Waals surface area contributed by atoms with E-state index in [4.69, 9.17) is 0 Å². The molecule has 0 aliphatic heterocycles. The summed E-state index contributed by atoms with van der Waals surface area (Å²) in [6, 6.07) is 12.6. The lowest BCUT2D eigenvalue weighted by molar-refractivity contribution is 0.0949. The van der Waals surface area contributed by atoms with Crippen LogP contribution in [0.15, 0.2) is 59.7 Å². The fraction of sp³-hybridized carbons (Fsp3) is 0.0625. The van der Waals surface area contributed by atoms with Crippen molar-refractivity contribution in [2.75, 3.05) is 0 Å². The molecule has 1 aromatic carbocycles. The van der Waals surface area contributed by atoms with Gasteiger partial charge < -0.3 is 10.3 Å². The number of fused-ring (bicyclic) bond motifs is 1. The SMILES string of the molecule is O=C(NCc1ccncc1)c1cc2ccccc2[nH]c1=O. The quantitative estimate of drug-likeness (QED) is 0.768. The van der Waals surface area contributed by atoms with Crippen molar-refractivity contribution < 1.29 is 4.79 Å². The number of carbonyl (C=O) groups is 1. The van der Waals surface area contributed by atoms with E-state index in [-0.39, 0.29) is 17.0 Å². The highest BCUT2D eigenvalue weighted by Gasteiger charge is 2.11. The summed E-state index contributed by atoms with van der Waals surface area (Å²) in [5, 5.41) is 3.56. The molecule has 0 fully saturated rings. The van der Waals surface area contributed by atoms with Crippen LogP contribution in [0.3, 0.4) is 0 Å². The zero-order valence-corrected chi connectivity index (χ0v) is 11.2. The van der Waals surface area contributed by atoms with Crippen molar-refractivity contribution in [3.8, 4) is 0 Å². The normalized spacial score (nSPS) is 10.5. The van der Waals surface area contributed by atoms with E-state index in [1.54, 1.807) is 24.5 Å². The second-order valence-corrected chi connectivity index (χ2v) is 4.64. The number of nitrogens with zero attached hydrogens (tertiary/aromatic N) is 1. The molecule has 0 unspecified atom stereocenters. The summed E-state index contributed by atoms with van der Waals surface area (Å²) in [5.41, 5.74) is 1.37. The van der Waals surface area contributed by atoms with Crippen LogP contribution >= 0.6 is 0 Å². The Labute approximate surface area is 120 Å². The number of carbonyl (C=O) groups excluding carboxylic acids is 1. The van der Waals surface area contributed by atoms with E-state index in [1.165, 1.54) is 0 Å². The van der Waals surface area contributed by atoms with E-state index in [1.807, 2.05) is 30.3 Å². The first-order valence-electron chi connectivity index (χ1n) is 6.53. The molecule has 0 aliphatic rings. The number of hydrogen-bond acceptors (Lipinski definition) is 3. The summed E-state index contributed by atoms with van der Waals surface area (Å²) < 4.78 is 0. The Balaban J connectivity index is 1.84. The van der Waals surface area contributed by atoms with E-state index in [0.29, 0.717) is 12.1 Å². The van der Waals surface area contributed by atoms with Gasteiger partial charge >= 0.3 is 0 Å². The molecule has 2 aromatic heterocycles. The lowest BCUT2D eigenvalue weighted by Gasteiger charge is -2.05. The van der Waals surface area contributed by atoms with Gasteiger partial charge in [-0.3, -0.25) is 14.6 Å². The lowest BCUT2D eigenvalue weighted by Crippen LogP contribution is -2.29. The molecule has 0 saturated carbocycles. The molecule has 0 saturated heterocycles. The van der Waals surface area contributed by atoms with Crippen molar-refractivity contribution >= 4 is 16.8 Å². The highest BCUT2D eigenvalue weighted by Crippen LogP contribution is 2.10. The van der Waals surface area contributed by atoms with Gasteiger partial charge in [0.05, 0.1) is 0 Å². The Kier molecular flexibility index (Phi) is 3.47. The third kappa shape index (κ3) is 2.81. The van der Waals surface area contributed by atoms with E-state index in [0.717, 1.165) is 10.9 Å². The zero-order valence-electron chi connectivity index (χ0n) is 11.2. The molecule has 5 nitrogen and oxygen atoms in total.